The molecule has 26 heavy (non-hydrogen) atoms. The van der Waals surface area contributed by atoms with Gasteiger partial charge in [0.2, 0.25) is 5.88 Å². The number of aromatic hydroxyl groups is 1. The number of carboxylic acid groups (broad SMARTS) is 1. The van der Waals surface area contributed by atoms with E-state index in [1.54, 1.807) is 6.20 Å². The Morgan fingerprint density at radius 3 is 2.50 bits per heavy atom. The summed E-state index contributed by atoms with van der Waals surface area (Å²) in [5, 5.41) is 27.9. The fraction of sp³-hybridized carbons (Fsp3) is 0.471. The number of nitrogens with zero attached hydrogens (tertiary/aromatic N) is 6. The van der Waals surface area contributed by atoms with Crippen LogP contribution in [0.1, 0.15) is 49.5 Å². The first-order chi connectivity index (χ1) is 12.4. The second kappa shape index (κ2) is 6.08. The molecule has 9 nitrogen and oxygen atoms in total. The van der Waals surface area contributed by atoms with Crippen molar-refractivity contribution in [2.24, 2.45) is 11.8 Å². The standard InChI is InChI=1S/C17H20N6O3/c1-9-3-10(2)5-12(4-9)23-14-13(7-19-23)20-17(21-15(14)24)22-8-11(6-18-22)16(25)26/h6-10,12H,3-5H2,1-2H3,(H,25,26)(H,20,21,24)/t9-,10+,12+. The summed E-state index contributed by atoms with van der Waals surface area (Å²) in [6, 6.07) is 0.204. The first kappa shape index (κ1) is 16.5. The van der Waals surface area contributed by atoms with Crippen LogP contribution in [0.25, 0.3) is 17.0 Å². The van der Waals surface area contributed by atoms with E-state index in [0.29, 0.717) is 22.9 Å². The van der Waals surface area contributed by atoms with E-state index in [4.69, 9.17) is 5.11 Å². The molecule has 0 unspecified atom stereocenters. The minimum Gasteiger partial charge on any atom is -0.492 e. The topological polar surface area (TPSA) is 119 Å². The highest BCUT2D eigenvalue weighted by Gasteiger charge is 2.28. The molecule has 3 aromatic rings. The van der Waals surface area contributed by atoms with Gasteiger partial charge >= 0.3 is 5.97 Å². The molecule has 1 fully saturated rings. The van der Waals surface area contributed by atoms with Crippen LogP contribution in [-0.2, 0) is 0 Å². The van der Waals surface area contributed by atoms with Crippen LogP contribution in [0.4, 0.5) is 0 Å². The van der Waals surface area contributed by atoms with Crippen molar-refractivity contribution in [2.45, 2.75) is 39.2 Å². The van der Waals surface area contributed by atoms with E-state index in [1.807, 2.05) is 4.68 Å². The molecule has 1 saturated carbocycles. The number of aromatic nitrogens is 6. The van der Waals surface area contributed by atoms with Gasteiger partial charge in [0.25, 0.3) is 5.95 Å². The van der Waals surface area contributed by atoms with Gasteiger partial charge in [0, 0.05) is 6.20 Å². The summed E-state index contributed by atoms with van der Waals surface area (Å²) in [4.78, 5) is 19.5. The Labute approximate surface area is 149 Å². The quantitative estimate of drug-likeness (QED) is 0.739. The molecule has 9 heteroatoms. The van der Waals surface area contributed by atoms with Gasteiger partial charge in [0.05, 0.1) is 24.0 Å². The van der Waals surface area contributed by atoms with E-state index in [9.17, 15) is 9.90 Å². The number of rotatable bonds is 3. The van der Waals surface area contributed by atoms with Crippen molar-refractivity contribution >= 4 is 17.0 Å². The summed E-state index contributed by atoms with van der Waals surface area (Å²) in [6.45, 7) is 4.47. The Morgan fingerprint density at radius 1 is 1.12 bits per heavy atom. The van der Waals surface area contributed by atoms with Crippen molar-refractivity contribution in [3.8, 4) is 11.8 Å². The Bertz CT molecular complexity index is 968. The maximum Gasteiger partial charge on any atom is 0.338 e. The normalized spacial score (nSPS) is 23.4. The van der Waals surface area contributed by atoms with Crippen LogP contribution in [0, 0.1) is 11.8 Å². The second-order valence-corrected chi connectivity index (χ2v) is 7.22. The zero-order chi connectivity index (χ0) is 18.4. The van der Waals surface area contributed by atoms with Gasteiger partial charge in [-0.05, 0) is 31.1 Å². The van der Waals surface area contributed by atoms with E-state index < -0.39 is 5.97 Å². The summed E-state index contributed by atoms with van der Waals surface area (Å²) in [7, 11) is 0. The summed E-state index contributed by atoms with van der Waals surface area (Å²) in [6.07, 6.45) is 7.32. The molecule has 0 saturated heterocycles. The van der Waals surface area contributed by atoms with Crippen molar-refractivity contribution in [2.75, 3.05) is 0 Å². The van der Waals surface area contributed by atoms with E-state index in [2.05, 4.69) is 34.0 Å². The predicted molar refractivity (Wildman–Crippen MR) is 92.3 cm³/mol. The Hall–Kier alpha value is -2.97. The highest BCUT2D eigenvalue weighted by molar-refractivity contribution is 5.87. The maximum absolute atomic E-state index is 11.0. The van der Waals surface area contributed by atoms with Crippen LogP contribution in [0.2, 0.25) is 0 Å². The van der Waals surface area contributed by atoms with E-state index in [0.717, 1.165) is 12.8 Å². The van der Waals surface area contributed by atoms with Gasteiger partial charge in [-0.1, -0.05) is 13.8 Å². The molecule has 3 aromatic heterocycles. The van der Waals surface area contributed by atoms with Crippen LogP contribution in [0.5, 0.6) is 5.88 Å². The third-order valence-electron chi connectivity index (χ3n) is 4.95. The molecule has 2 N–H and O–H groups in total. The van der Waals surface area contributed by atoms with Crippen LogP contribution in [-0.4, -0.2) is 45.7 Å². The monoisotopic (exact) mass is 356 g/mol. The SMILES string of the molecule is C[C@@H]1C[C@H](C)C[C@@H](n2ncc3nc(-n4cc(C(=O)O)cn4)nc(O)c32)C1. The number of aromatic carboxylic acids is 1. The highest BCUT2D eigenvalue weighted by Crippen LogP contribution is 2.38. The number of fused-ring (bicyclic) bond motifs is 1. The molecule has 0 radical (unpaired) electrons. The molecular weight excluding hydrogens is 336 g/mol. The van der Waals surface area contributed by atoms with E-state index in [-0.39, 0.29) is 23.4 Å². The van der Waals surface area contributed by atoms with Crippen LogP contribution in [0.15, 0.2) is 18.6 Å². The Kier molecular flexibility index (Phi) is 3.86. The molecular formula is C17H20N6O3. The lowest BCUT2D eigenvalue weighted by atomic mass is 9.80. The molecule has 136 valence electrons. The van der Waals surface area contributed by atoms with Crippen molar-refractivity contribution < 1.29 is 15.0 Å². The highest BCUT2D eigenvalue weighted by atomic mass is 16.4. The van der Waals surface area contributed by atoms with Gasteiger partial charge in [-0.15, -0.1) is 0 Å². The van der Waals surface area contributed by atoms with E-state index in [1.165, 1.54) is 23.5 Å². The molecule has 0 bridgehead atoms. The van der Waals surface area contributed by atoms with Crippen LogP contribution < -0.4 is 0 Å². The largest absolute Gasteiger partial charge is 0.492 e. The van der Waals surface area contributed by atoms with Gasteiger partial charge in [0.1, 0.15) is 11.0 Å². The summed E-state index contributed by atoms with van der Waals surface area (Å²) >= 11 is 0. The molecule has 0 spiro atoms. The number of hydrogen-bond acceptors (Lipinski definition) is 6. The molecule has 4 rings (SSSR count). The lowest BCUT2D eigenvalue weighted by Gasteiger charge is -2.31. The third kappa shape index (κ3) is 2.79. The minimum absolute atomic E-state index is 0.0223. The first-order valence-electron chi connectivity index (χ1n) is 8.65. The number of hydrogen-bond donors (Lipinski definition) is 2. The molecule has 1 aliphatic carbocycles. The first-order valence-corrected chi connectivity index (χ1v) is 8.65. The fourth-order valence-corrected chi connectivity index (χ4v) is 3.96. The number of carbonyl (C=O) groups is 1. The number of carboxylic acids is 1. The molecule has 3 atom stereocenters. The summed E-state index contributed by atoms with van der Waals surface area (Å²) < 4.78 is 3.05. The third-order valence-corrected chi connectivity index (χ3v) is 4.95. The van der Waals surface area contributed by atoms with Gasteiger partial charge < -0.3 is 10.2 Å². The van der Waals surface area contributed by atoms with Gasteiger partial charge in [-0.2, -0.15) is 15.2 Å². The Balaban J connectivity index is 1.74. The predicted octanol–water partition coefficient (Wildman–Crippen LogP) is 2.41. The second-order valence-electron chi connectivity index (χ2n) is 7.22. The van der Waals surface area contributed by atoms with Crippen molar-refractivity contribution in [3.63, 3.8) is 0 Å². The summed E-state index contributed by atoms with van der Waals surface area (Å²) in [5.74, 6) is 0.0378. The van der Waals surface area contributed by atoms with Gasteiger partial charge in [-0.25, -0.2) is 14.5 Å². The van der Waals surface area contributed by atoms with Crippen molar-refractivity contribution in [1.29, 1.82) is 0 Å². The minimum atomic E-state index is -1.09. The average molecular weight is 356 g/mol. The summed E-state index contributed by atoms with van der Waals surface area (Å²) in [5.41, 5.74) is 1.03. The van der Waals surface area contributed by atoms with Crippen molar-refractivity contribution in [1.82, 2.24) is 29.5 Å². The van der Waals surface area contributed by atoms with Crippen LogP contribution >= 0.6 is 0 Å². The fourth-order valence-electron chi connectivity index (χ4n) is 3.96. The maximum atomic E-state index is 11.0. The lowest BCUT2D eigenvalue weighted by molar-refractivity contribution is 0.0697. The van der Waals surface area contributed by atoms with E-state index >= 15 is 0 Å². The van der Waals surface area contributed by atoms with Gasteiger partial charge in [0.15, 0.2) is 0 Å². The zero-order valence-electron chi connectivity index (χ0n) is 14.6. The van der Waals surface area contributed by atoms with Crippen molar-refractivity contribution in [3.05, 3.63) is 24.2 Å². The van der Waals surface area contributed by atoms with Crippen LogP contribution in [0.3, 0.4) is 0 Å². The molecule has 0 aromatic carbocycles. The zero-order valence-corrected chi connectivity index (χ0v) is 14.6. The molecule has 1 aliphatic rings. The molecule has 3 heterocycles. The molecule has 0 aliphatic heterocycles. The molecule has 0 amide bonds. The smallest absolute Gasteiger partial charge is 0.338 e. The average Bonchev–Trinajstić information content (AvgIpc) is 3.21. The van der Waals surface area contributed by atoms with Gasteiger partial charge in [-0.3, -0.25) is 4.68 Å². The Morgan fingerprint density at radius 2 is 1.85 bits per heavy atom. The lowest BCUT2D eigenvalue weighted by Crippen LogP contribution is -2.23.